The number of ether oxygens (including phenoxy) is 1. The largest absolute Gasteiger partial charge is 0.469 e. The minimum Gasteiger partial charge on any atom is -0.382 e. The monoisotopic (exact) mass is 330 g/mol. The standard InChI is InChI=1S/C10H15N6O5P/c11-2-6-5(21-22(17,18)19)1-7(20-6)16-4-15-8-9(12)13-3-14-10(8)16/h3-7H,1-2,11H2,(H2,12,13,14)(H2,17,18,19)/t5-,6+,7+/m0/s1. The maximum absolute atomic E-state index is 11.0. The molecular formula is C10H15N6O5P. The van der Waals surface area contributed by atoms with E-state index in [0.29, 0.717) is 11.2 Å². The van der Waals surface area contributed by atoms with Gasteiger partial charge >= 0.3 is 7.82 Å². The first-order chi connectivity index (χ1) is 10.4. The van der Waals surface area contributed by atoms with Crippen molar-refractivity contribution in [1.82, 2.24) is 19.5 Å². The number of imidazole rings is 1. The minimum atomic E-state index is -4.63. The van der Waals surface area contributed by atoms with Crippen molar-refractivity contribution in [3.05, 3.63) is 12.7 Å². The fraction of sp³-hybridized carbons (Fsp3) is 0.500. The zero-order valence-electron chi connectivity index (χ0n) is 11.3. The van der Waals surface area contributed by atoms with E-state index < -0.39 is 26.3 Å². The Morgan fingerprint density at radius 3 is 2.91 bits per heavy atom. The average molecular weight is 330 g/mol. The molecule has 3 heterocycles. The first-order valence-electron chi connectivity index (χ1n) is 6.41. The Labute approximate surface area is 124 Å². The summed E-state index contributed by atoms with van der Waals surface area (Å²) in [5, 5.41) is 0. The Hall–Kier alpha value is -1.62. The first-order valence-corrected chi connectivity index (χ1v) is 7.94. The van der Waals surface area contributed by atoms with E-state index >= 15 is 0 Å². The third kappa shape index (κ3) is 2.82. The molecule has 0 aliphatic carbocycles. The highest BCUT2D eigenvalue weighted by molar-refractivity contribution is 7.46. The van der Waals surface area contributed by atoms with Gasteiger partial charge in [-0.1, -0.05) is 0 Å². The molecule has 6 N–H and O–H groups in total. The summed E-state index contributed by atoms with van der Waals surface area (Å²) in [7, 11) is -4.63. The number of nitrogens with two attached hydrogens (primary N) is 2. The van der Waals surface area contributed by atoms with Gasteiger partial charge in [0.2, 0.25) is 0 Å². The Kier molecular flexibility index (Phi) is 3.85. The molecule has 11 nitrogen and oxygen atoms in total. The van der Waals surface area contributed by atoms with Crippen molar-refractivity contribution in [2.75, 3.05) is 12.3 Å². The maximum Gasteiger partial charge on any atom is 0.469 e. The molecule has 1 aliphatic heterocycles. The Morgan fingerprint density at radius 1 is 1.45 bits per heavy atom. The summed E-state index contributed by atoms with van der Waals surface area (Å²) in [6, 6.07) is 0. The number of fused-ring (bicyclic) bond motifs is 1. The van der Waals surface area contributed by atoms with Crippen LogP contribution in [0.1, 0.15) is 12.6 Å². The number of aromatic nitrogens is 4. The topological polar surface area (TPSA) is 172 Å². The number of anilines is 1. The van der Waals surface area contributed by atoms with Crippen LogP contribution in [0.25, 0.3) is 11.2 Å². The number of hydrogen-bond acceptors (Lipinski definition) is 8. The highest BCUT2D eigenvalue weighted by atomic mass is 31.2. The highest BCUT2D eigenvalue weighted by Gasteiger charge is 2.40. The van der Waals surface area contributed by atoms with Crippen LogP contribution >= 0.6 is 7.82 Å². The van der Waals surface area contributed by atoms with Gasteiger partial charge in [-0.15, -0.1) is 0 Å². The zero-order valence-corrected chi connectivity index (χ0v) is 12.2. The van der Waals surface area contributed by atoms with Gasteiger partial charge in [0.15, 0.2) is 11.5 Å². The molecule has 0 saturated carbocycles. The van der Waals surface area contributed by atoms with E-state index in [0.717, 1.165) is 0 Å². The molecule has 2 aromatic rings. The van der Waals surface area contributed by atoms with Crippen LogP contribution in [0.5, 0.6) is 0 Å². The predicted octanol–water partition coefficient (Wildman–Crippen LogP) is -0.867. The van der Waals surface area contributed by atoms with E-state index in [9.17, 15) is 4.57 Å². The predicted molar refractivity (Wildman–Crippen MR) is 74.2 cm³/mol. The fourth-order valence-corrected chi connectivity index (χ4v) is 3.02. The summed E-state index contributed by atoms with van der Waals surface area (Å²) < 4.78 is 23.1. The molecule has 0 amide bonds. The molecule has 2 aromatic heterocycles. The number of nitrogens with zero attached hydrogens (tertiary/aromatic N) is 4. The summed E-state index contributed by atoms with van der Waals surface area (Å²) in [5.74, 6) is 0.236. The molecule has 3 atom stereocenters. The molecule has 120 valence electrons. The van der Waals surface area contributed by atoms with Crippen LogP contribution in [0, 0.1) is 0 Å². The zero-order chi connectivity index (χ0) is 15.9. The van der Waals surface area contributed by atoms with Crippen LogP contribution < -0.4 is 11.5 Å². The smallest absolute Gasteiger partial charge is 0.382 e. The number of phosphoric acid groups is 1. The lowest BCUT2D eigenvalue weighted by Gasteiger charge is -2.16. The Balaban J connectivity index is 1.89. The first kappa shape index (κ1) is 15.3. The normalized spacial score (nSPS) is 25.9. The number of hydrogen-bond donors (Lipinski definition) is 4. The molecule has 3 rings (SSSR count). The van der Waals surface area contributed by atoms with E-state index in [1.807, 2.05) is 0 Å². The second-order valence-corrected chi connectivity index (χ2v) is 6.01. The van der Waals surface area contributed by atoms with Crippen molar-refractivity contribution in [3.63, 3.8) is 0 Å². The second kappa shape index (κ2) is 5.54. The maximum atomic E-state index is 11.0. The van der Waals surface area contributed by atoms with Crippen molar-refractivity contribution >= 4 is 24.8 Å². The van der Waals surface area contributed by atoms with Crippen molar-refractivity contribution in [2.24, 2.45) is 5.73 Å². The lowest BCUT2D eigenvalue weighted by atomic mass is 10.2. The van der Waals surface area contributed by atoms with E-state index in [2.05, 4.69) is 15.0 Å². The highest BCUT2D eigenvalue weighted by Crippen LogP contribution is 2.43. The van der Waals surface area contributed by atoms with Gasteiger partial charge in [-0.05, 0) is 0 Å². The summed E-state index contributed by atoms with van der Waals surface area (Å²) in [4.78, 5) is 30.0. The molecule has 0 aromatic carbocycles. The van der Waals surface area contributed by atoms with Gasteiger partial charge in [0, 0.05) is 13.0 Å². The third-order valence-corrected chi connectivity index (χ3v) is 3.93. The van der Waals surface area contributed by atoms with Crippen LogP contribution in [0.15, 0.2) is 12.7 Å². The molecular weight excluding hydrogens is 315 g/mol. The molecule has 0 unspecified atom stereocenters. The van der Waals surface area contributed by atoms with E-state index in [1.165, 1.54) is 12.7 Å². The summed E-state index contributed by atoms with van der Waals surface area (Å²) >= 11 is 0. The molecule has 1 fully saturated rings. The van der Waals surface area contributed by atoms with Gasteiger partial charge in [-0.25, -0.2) is 19.5 Å². The molecule has 0 radical (unpaired) electrons. The van der Waals surface area contributed by atoms with Crippen LogP contribution in [0.2, 0.25) is 0 Å². The summed E-state index contributed by atoms with van der Waals surface area (Å²) in [6.07, 6.45) is 0.941. The number of rotatable bonds is 4. The van der Waals surface area contributed by atoms with E-state index in [4.69, 9.17) is 30.5 Å². The molecule has 0 bridgehead atoms. The minimum absolute atomic E-state index is 0.0604. The third-order valence-electron chi connectivity index (χ3n) is 3.38. The molecule has 1 saturated heterocycles. The van der Waals surface area contributed by atoms with Crippen LogP contribution in [-0.2, 0) is 13.8 Å². The number of phosphoric ester groups is 1. The van der Waals surface area contributed by atoms with Gasteiger partial charge in [0.1, 0.15) is 24.2 Å². The summed E-state index contributed by atoms with van der Waals surface area (Å²) in [6.45, 7) is 0.0604. The SMILES string of the molecule is NC[C@H]1O[C@@H](n2cnc3c(N)ncnc32)C[C@@H]1OP(=O)(O)O. The van der Waals surface area contributed by atoms with Crippen molar-refractivity contribution in [2.45, 2.75) is 24.9 Å². The lowest BCUT2D eigenvalue weighted by molar-refractivity contribution is -0.0115. The van der Waals surface area contributed by atoms with Crippen LogP contribution in [0.3, 0.4) is 0 Å². The van der Waals surface area contributed by atoms with Crippen LogP contribution in [0.4, 0.5) is 5.82 Å². The van der Waals surface area contributed by atoms with Gasteiger partial charge in [-0.2, -0.15) is 0 Å². The summed E-state index contributed by atoms with van der Waals surface area (Å²) in [5.41, 5.74) is 12.2. The van der Waals surface area contributed by atoms with Gasteiger partial charge in [0.05, 0.1) is 12.4 Å². The average Bonchev–Trinajstić information content (AvgIpc) is 3.01. The molecule has 1 aliphatic rings. The fourth-order valence-electron chi connectivity index (χ4n) is 2.45. The van der Waals surface area contributed by atoms with E-state index in [-0.39, 0.29) is 18.8 Å². The van der Waals surface area contributed by atoms with Gasteiger partial charge in [0.25, 0.3) is 0 Å². The molecule has 12 heteroatoms. The van der Waals surface area contributed by atoms with Gasteiger partial charge in [-0.3, -0.25) is 9.09 Å². The Bertz CT molecular complexity index is 732. The quantitative estimate of drug-likeness (QED) is 0.516. The molecule has 0 spiro atoms. The Morgan fingerprint density at radius 2 is 2.23 bits per heavy atom. The van der Waals surface area contributed by atoms with Crippen LogP contribution in [-0.4, -0.2) is 48.1 Å². The van der Waals surface area contributed by atoms with E-state index in [1.54, 1.807) is 4.57 Å². The van der Waals surface area contributed by atoms with Crippen molar-refractivity contribution in [1.29, 1.82) is 0 Å². The second-order valence-electron chi connectivity index (χ2n) is 4.82. The lowest BCUT2D eigenvalue weighted by Crippen LogP contribution is -2.31. The van der Waals surface area contributed by atoms with Crippen molar-refractivity contribution < 1.29 is 23.6 Å². The number of nitrogen functional groups attached to an aromatic ring is 1. The van der Waals surface area contributed by atoms with Crippen molar-refractivity contribution in [3.8, 4) is 0 Å². The van der Waals surface area contributed by atoms with Gasteiger partial charge < -0.3 is 26.0 Å². The molecule has 22 heavy (non-hydrogen) atoms.